The number of carbonyl (C=O) groups excluding carboxylic acids is 1. The van der Waals surface area contributed by atoms with Crippen LogP contribution in [-0.4, -0.2) is 39.8 Å². The van der Waals surface area contributed by atoms with Crippen molar-refractivity contribution >= 4 is 12.1 Å². The number of benzene rings is 1. The Morgan fingerprint density at radius 3 is 2.12 bits per heavy atom. The van der Waals surface area contributed by atoms with Crippen molar-refractivity contribution in [3.63, 3.8) is 0 Å². The number of hydrogen-bond acceptors (Lipinski definition) is 3. The highest BCUT2D eigenvalue weighted by atomic mass is 16.6. The summed E-state index contributed by atoms with van der Waals surface area (Å²) < 4.78 is 5.59. The molecular formula is C20H31NO4. The van der Waals surface area contributed by atoms with Crippen LogP contribution in [-0.2, 0) is 11.2 Å². The summed E-state index contributed by atoms with van der Waals surface area (Å²) in [4.78, 5) is 25.5. The molecule has 5 nitrogen and oxygen atoms in total. The molecule has 0 unspecified atom stereocenters. The number of hydrogen-bond donors (Lipinski definition) is 1. The van der Waals surface area contributed by atoms with E-state index in [9.17, 15) is 9.59 Å². The van der Waals surface area contributed by atoms with Crippen molar-refractivity contribution in [3.05, 3.63) is 35.4 Å². The van der Waals surface area contributed by atoms with Crippen LogP contribution in [0.2, 0.25) is 0 Å². The van der Waals surface area contributed by atoms with Gasteiger partial charge in [0.2, 0.25) is 0 Å². The Labute approximate surface area is 151 Å². The van der Waals surface area contributed by atoms with E-state index < -0.39 is 11.6 Å². The Bertz CT molecular complexity index is 572. The largest absolute Gasteiger partial charge is 0.478 e. The van der Waals surface area contributed by atoms with E-state index >= 15 is 0 Å². The minimum Gasteiger partial charge on any atom is -0.478 e. The third-order valence-electron chi connectivity index (χ3n) is 3.85. The maximum absolute atomic E-state index is 12.7. The van der Waals surface area contributed by atoms with E-state index in [1.807, 2.05) is 46.8 Å². The average Bonchev–Trinajstić information content (AvgIpc) is 2.45. The van der Waals surface area contributed by atoms with Crippen molar-refractivity contribution in [1.29, 1.82) is 0 Å². The topological polar surface area (TPSA) is 66.8 Å². The zero-order valence-corrected chi connectivity index (χ0v) is 16.2. The van der Waals surface area contributed by atoms with E-state index in [0.29, 0.717) is 6.42 Å². The Kier molecular flexibility index (Phi) is 7.46. The second-order valence-electron chi connectivity index (χ2n) is 7.63. The molecule has 140 valence electrons. The summed E-state index contributed by atoms with van der Waals surface area (Å²) in [5.74, 6) is -0.936. The Morgan fingerprint density at radius 1 is 1.16 bits per heavy atom. The summed E-state index contributed by atoms with van der Waals surface area (Å²) in [7, 11) is 0. The lowest BCUT2D eigenvalue weighted by Gasteiger charge is -2.36. The SMILES string of the molecule is CCC[C@@H](Cc1ccc(C(=O)O)cc1)N(C(=O)OC(C)(C)C)C(C)C. The minimum atomic E-state index is -0.936. The molecule has 1 amide bonds. The number of rotatable bonds is 7. The molecule has 1 rings (SSSR count). The summed E-state index contributed by atoms with van der Waals surface area (Å²) in [5.41, 5.74) is 0.741. The number of carboxylic acid groups (broad SMARTS) is 1. The predicted octanol–water partition coefficient (Wildman–Crippen LogP) is 4.74. The predicted molar refractivity (Wildman–Crippen MR) is 99.0 cm³/mol. The van der Waals surface area contributed by atoms with Gasteiger partial charge in [-0.25, -0.2) is 9.59 Å². The van der Waals surface area contributed by atoms with Crippen LogP contribution in [0.5, 0.6) is 0 Å². The van der Waals surface area contributed by atoms with Gasteiger partial charge in [-0.15, -0.1) is 0 Å². The Morgan fingerprint density at radius 2 is 1.72 bits per heavy atom. The second-order valence-corrected chi connectivity index (χ2v) is 7.63. The fourth-order valence-corrected chi connectivity index (χ4v) is 2.82. The maximum Gasteiger partial charge on any atom is 0.410 e. The first-order valence-electron chi connectivity index (χ1n) is 8.88. The normalized spacial score (nSPS) is 12.8. The molecular weight excluding hydrogens is 318 g/mol. The summed E-state index contributed by atoms with van der Waals surface area (Å²) in [6, 6.07) is 6.88. The molecule has 0 bridgehead atoms. The molecule has 0 aliphatic carbocycles. The average molecular weight is 349 g/mol. The fraction of sp³-hybridized carbons (Fsp3) is 0.600. The fourth-order valence-electron chi connectivity index (χ4n) is 2.82. The summed E-state index contributed by atoms with van der Waals surface area (Å²) in [6.07, 6.45) is 2.18. The van der Waals surface area contributed by atoms with Crippen LogP contribution in [0.3, 0.4) is 0 Å². The van der Waals surface area contributed by atoms with Gasteiger partial charge in [0.15, 0.2) is 0 Å². The van der Waals surface area contributed by atoms with Crippen LogP contribution >= 0.6 is 0 Å². The van der Waals surface area contributed by atoms with Crippen molar-refractivity contribution in [2.24, 2.45) is 0 Å². The Balaban J connectivity index is 3.00. The first kappa shape index (κ1) is 21.0. The van der Waals surface area contributed by atoms with E-state index in [-0.39, 0.29) is 23.7 Å². The first-order chi connectivity index (χ1) is 11.5. The van der Waals surface area contributed by atoms with Gasteiger partial charge in [0.25, 0.3) is 0 Å². The third-order valence-corrected chi connectivity index (χ3v) is 3.85. The molecule has 25 heavy (non-hydrogen) atoms. The Hall–Kier alpha value is -2.04. The van der Waals surface area contributed by atoms with Gasteiger partial charge in [-0.2, -0.15) is 0 Å². The first-order valence-corrected chi connectivity index (χ1v) is 8.88. The van der Waals surface area contributed by atoms with Crippen LogP contribution in [0.1, 0.15) is 70.3 Å². The zero-order chi connectivity index (χ0) is 19.2. The number of amides is 1. The molecule has 5 heteroatoms. The van der Waals surface area contributed by atoms with E-state index in [4.69, 9.17) is 9.84 Å². The molecule has 1 aromatic carbocycles. The molecule has 0 fully saturated rings. The second kappa shape index (κ2) is 8.88. The lowest BCUT2D eigenvalue weighted by atomic mass is 9.98. The highest BCUT2D eigenvalue weighted by Gasteiger charge is 2.30. The molecule has 0 aliphatic rings. The van der Waals surface area contributed by atoms with E-state index in [1.54, 1.807) is 17.0 Å². The van der Waals surface area contributed by atoms with Gasteiger partial charge < -0.3 is 14.7 Å². The van der Waals surface area contributed by atoms with Crippen molar-refractivity contribution in [1.82, 2.24) is 4.90 Å². The van der Waals surface area contributed by atoms with Gasteiger partial charge in [0.1, 0.15) is 5.60 Å². The molecule has 0 aliphatic heterocycles. The summed E-state index contributed by atoms with van der Waals surface area (Å²) >= 11 is 0. The lowest BCUT2D eigenvalue weighted by Crippen LogP contribution is -2.48. The molecule has 0 heterocycles. The van der Waals surface area contributed by atoms with Crippen LogP contribution < -0.4 is 0 Å². The number of carbonyl (C=O) groups is 2. The van der Waals surface area contributed by atoms with Gasteiger partial charge in [-0.3, -0.25) is 0 Å². The monoisotopic (exact) mass is 349 g/mol. The summed E-state index contributed by atoms with van der Waals surface area (Å²) in [6.45, 7) is 11.7. The van der Waals surface area contributed by atoms with Crippen molar-refractivity contribution in [2.45, 2.75) is 78.5 Å². The van der Waals surface area contributed by atoms with Gasteiger partial charge >= 0.3 is 12.1 Å². The van der Waals surface area contributed by atoms with Gasteiger partial charge in [-0.1, -0.05) is 25.5 Å². The number of aromatic carboxylic acids is 1. The standard InChI is InChI=1S/C20H31NO4/c1-7-8-17(13-15-9-11-16(12-10-15)18(22)23)21(14(2)3)19(24)25-20(4,5)6/h9-12,14,17H,7-8,13H2,1-6H3,(H,22,23)/t17-/m0/s1. The highest BCUT2D eigenvalue weighted by molar-refractivity contribution is 5.87. The molecule has 0 saturated carbocycles. The zero-order valence-electron chi connectivity index (χ0n) is 16.2. The van der Waals surface area contributed by atoms with Crippen molar-refractivity contribution < 1.29 is 19.4 Å². The maximum atomic E-state index is 12.7. The van der Waals surface area contributed by atoms with Gasteiger partial charge in [0.05, 0.1) is 5.56 Å². The quantitative estimate of drug-likeness (QED) is 0.772. The summed E-state index contributed by atoms with van der Waals surface area (Å²) in [5, 5.41) is 9.01. The molecule has 0 aromatic heterocycles. The third kappa shape index (κ3) is 6.77. The minimum absolute atomic E-state index is 0.00975. The molecule has 0 saturated heterocycles. The van der Waals surface area contributed by atoms with Crippen molar-refractivity contribution in [3.8, 4) is 0 Å². The lowest BCUT2D eigenvalue weighted by molar-refractivity contribution is 0.00744. The number of carboxylic acids is 1. The van der Waals surface area contributed by atoms with Crippen molar-refractivity contribution in [2.75, 3.05) is 0 Å². The van der Waals surface area contributed by atoms with Crippen LogP contribution in [0.15, 0.2) is 24.3 Å². The van der Waals surface area contributed by atoms with Crippen LogP contribution in [0, 0.1) is 0 Å². The molecule has 1 aromatic rings. The highest BCUT2D eigenvalue weighted by Crippen LogP contribution is 2.21. The molecule has 1 N–H and O–H groups in total. The molecule has 0 radical (unpaired) electrons. The van der Waals surface area contributed by atoms with E-state index in [0.717, 1.165) is 18.4 Å². The molecule has 0 spiro atoms. The van der Waals surface area contributed by atoms with Crippen LogP contribution in [0.4, 0.5) is 4.79 Å². The van der Waals surface area contributed by atoms with E-state index in [2.05, 4.69) is 6.92 Å². The van der Waals surface area contributed by atoms with Gasteiger partial charge in [-0.05, 0) is 65.2 Å². The smallest absolute Gasteiger partial charge is 0.410 e. The van der Waals surface area contributed by atoms with Gasteiger partial charge in [0, 0.05) is 12.1 Å². The van der Waals surface area contributed by atoms with E-state index in [1.165, 1.54) is 0 Å². The number of ether oxygens (including phenoxy) is 1. The molecule has 1 atom stereocenters. The number of nitrogens with zero attached hydrogens (tertiary/aromatic N) is 1. The van der Waals surface area contributed by atoms with Crippen LogP contribution in [0.25, 0.3) is 0 Å².